The van der Waals surface area contributed by atoms with Crippen LogP contribution in [-0.4, -0.2) is 22.6 Å². The van der Waals surface area contributed by atoms with Gasteiger partial charge in [-0.15, -0.1) is 0 Å². The standard InChI is InChI=1S/C19H23BrN4/c1-12(2)19-22-17(21-16-5-6-16)10-18(23-19)24-8-7-13-9-15(20)4-3-14(13)11-24/h3-4,9-10,12,16H,5-8,11H2,1-2H3,(H,21,22,23). The van der Waals surface area contributed by atoms with Gasteiger partial charge in [0.1, 0.15) is 17.5 Å². The SMILES string of the molecule is CC(C)c1nc(NC2CC2)cc(N2CCc3cc(Br)ccc3C2)n1. The Morgan fingerprint density at radius 2 is 2.00 bits per heavy atom. The highest BCUT2D eigenvalue weighted by atomic mass is 79.9. The van der Waals surface area contributed by atoms with Crippen LogP contribution in [-0.2, 0) is 13.0 Å². The fraction of sp³-hybridized carbons (Fsp3) is 0.474. The van der Waals surface area contributed by atoms with Gasteiger partial charge in [0, 0.05) is 35.6 Å². The minimum absolute atomic E-state index is 0.331. The molecule has 2 aliphatic rings. The van der Waals surface area contributed by atoms with E-state index in [1.165, 1.54) is 24.0 Å². The molecule has 2 aromatic rings. The van der Waals surface area contributed by atoms with E-state index in [1.54, 1.807) is 0 Å². The summed E-state index contributed by atoms with van der Waals surface area (Å²) in [7, 11) is 0. The third kappa shape index (κ3) is 3.41. The van der Waals surface area contributed by atoms with Crippen molar-refractivity contribution in [1.29, 1.82) is 0 Å². The van der Waals surface area contributed by atoms with Crippen LogP contribution in [0.25, 0.3) is 0 Å². The van der Waals surface area contributed by atoms with Crippen molar-refractivity contribution in [3.63, 3.8) is 0 Å². The second-order valence-electron chi connectivity index (χ2n) is 7.13. The van der Waals surface area contributed by atoms with Gasteiger partial charge < -0.3 is 10.2 Å². The van der Waals surface area contributed by atoms with Crippen LogP contribution in [0.3, 0.4) is 0 Å². The summed E-state index contributed by atoms with van der Waals surface area (Å²) in [5.74, 6) is 3.29. The number of nitrogens with zero attached hydrogens (tertiary/aromatic N) is 3. The largest absolute Gasteiger partial charge is 0.367 e. The summed E-state index contributed by atoms with van der Waals surface area (Å²) in [5, 5.41) is 3.53. The predicted octanol–water partition coefficient (Wildman–Crippen LogP) is 4.50. The van der Waals surface area contributed by atoms with E-state index in [9.17, 15) is 0 Å². The van der Waals surface area contributed by atoms with Gasteiger partial charge in [-0.1, -0.05) is 35.8 Å². The molecule has 0 bridgehead atoms. The smallest absolute Gasteiger partial charge is 0.135 e. The Morgan fingerprint density at radius 3 is 2.75 bits per heavy atom. The molecule has 0 unspecified atom stereocenters. The highest BCUT2D eigenvalue weighted by Crippen LogP contribution is 2.29. The molecular formula is C19H23BrN4. The Kier molecular flexibility index (Phi) is 4.21. The molecule has 0 amide bonds. The van der Waals surface area contributed by atoms with Crippen LogP contribution in [0, 0.1) is 0 Å². The van der Waals surface area contributed by atoms with Crippen LogP contribution in [0.5, 0.6) is 0 Å². The van der Waals surface area contributed by atoms with Crippen molar-refractivity contribution in [2.45, 2.75) is 51.6 Å². The fourth-order valence-electron chi connectivity index (χ4n) is 3.10. The Labute approximate surface area is 151 Å². The molecular weight excluding hydrogens is 364 g/mol. The molecule has 0 spiro atoms. The number of benzene rings is 1. The number of rotatable bonds is 4. The van der Waals surface area contributed by atoms with Crippen molar-refractivity contribution in [1.82, 2.24) is 9.97 Å². The number of hydrogen-bond acceptors (Lipinski definition) is 4. The molecule has 1 aromatic heterocycles. The first-order chi connectivity index (χ1) is 11.6. The number of hydrogen-bond donors (Lipinski definition) is 1. The third-order valence-corrected chi connectivity index (χ3v) is 5.17. The van der Waals surface area contributed by atoms with E-state index in [0.717, 1.165) is 41.4 Å². The van der Waals surface area contributed by atoms with Crippen molar-refractivity contribution in [3.8, 4) is 0 Å². The monoisotopic (exact) mass is 386 g/mol. The van der Waals surface area contributed by atoms with Gasteiger partial charge in [0.05, 0.1) is 0 Å². The lowest BCUT2D eigenvalue weighted by Crippen LogP contribution is -2.31. The molecule has 1 aromatic carbocycles. The molecule has 0 saturated heterocycles. The number of nitrogens with one attached hydrogen (secondary N) is 1. The lowest BCUT2D eigenvalue weighted by molar-refractivity contribution is 0.702. The van der Waals surface area contributed by atoms with Crippen molar-refractivity contribution < 1.29 is 0 Å². The normalized spacial score (nSPS) is 17.1. The Hall–Kier alpha value is -1.62. The maximum atomic E-state index is 4.84. The zero-order valence-electron chi connectivity index (χ0n) is 14.2. The van der Waals surface area contributed by atoms with Gasteiger partial charge in [0.15, 0.2) is 0 Å². The zero-order chi connectivity index (χ0) is 16.7. The summed E-state index contributed by atoms with van der Waals surface area (Å²) in [5.41, 5.74) is 2.83. The van der Waals surface area contributed by atoms with E-state index in [0.29, 0.717) is 12.0 Å². The minimum atomic E-state index is 0.331. The molecule has 1 aliphatic carbocycles. The molecule has 0 atom stereocenters. The molecule has 1 N–H and O–H groups in total. The average Bonchev–Trinajstić information content (AvgIpc) is 3.38. The number of halogens is 1. The van der Waals surface area contributed by atoms with E-state index < -0.39 is 0 Å². The molecule has 2 heterocycles. The summed E-state index contributed by atoms with van der Waals surface area (Å²) in [6.45, 7) is 6.23. The second kappa shape index (κ2) is 6.36. The first-order valence-electron chi connectivity index (χ1n) is 8.76. The summed E-state index contributed by atoms with van der Waals surface area (Å²) in [4.78, 5) is 11.9. The van der Waals surface area contributed by atoms with Crippen molar-refractivity contribution >= 4 is 27.6 Å². The summed E-state index contributed by atoms with van der Waals surface area (Å²) in [6, 6.07) is 9.31. The van der Waals surface area contributed by atoms with Crippen LogP contribution in [0.2, 0.25) is 0 Å². The number of anilines is 2. The molecule has 1 saturated carbocycles. The molecule has 126 valence electrons. The van der Waals surface area contributed by atoms with Gasteiger partial charge in [-0.2, -0.15) is 0 Å². The molecule has 4 rings (SSSR count). The molecule has 1 aliphatic heterocycles. The summed E-state index contributed by atoms with van der Waals surface area (Å²) >= 11 is 3.57. The van der Waals surface area contributed by atoms with Gasteiger partial charge in [-0.3, -0.25) is 0 Å². The minimum Gasteiger partial charge on any atom is -0.367 e. The van der Waals surface area contributed by atoms with E-state index >= 15 is 0 Å². The number of aromatic nitrogens is 2. The fourth-order valence-corrected chi connectivity index (χ4v) is 3.51. The highest BCUT2D eigenvalue weighted by Gasteiger charge is 2.24. The van der Waals surface area contributed by atoms with Crippen LogP contribution >= 0.6 is 15.9 Å². The molecule has 0 radical (unpaired) electrons. The second-order valence-corrected chi connectivity index (χ2v) is 8.04. The highest BCUT2D eigenvalue weighted by molar-refractivity contribution is 9.10. The van der Waals surface area contributed by atoms with Crippen molar-refractivity contribution in [2.75, 3.05) is 16.8 Å². The molecule has 1 fully saturated rings. The molecule has 4 nitrogen and oxygen atoms in total. The maximum absolute atomic E-state index is 4.84. The van der Waals surface area contributed by atoms with Crippen molar-refractivity contribution in [2.24, 2.45) is 0 Å². The quantitative estimate of drug-likeness (QED) is 0.839. The van der Waals surface area contributed by atoms with Crippen molar-refractivity contribution in [3.05, 3.63) is 45.7 Å². The maximum Gasteiger partial charge on any atom is 0.135 e. The third-order valence-electron chi connectivity index (χ3n) is 4.68. The van der Waals surface area contributed by atoms with E-state index in [1.807, 2.05) is 0 Å². The summed E-state index contributed by atoms with van der Waals surface area (Å²) in [6.07, 6.45) is 3.56. The topological polar surface area (TPSA) is 41.1 Å². The molecule has 24 heavy (non-hydrogen) atoms. The van der Waals surface area contributed by atoms with E-state index in [2.05, 4.69) is 64.3 Å². The van der Waals surface area contributed by atoms with Gasteiger partial charge in [0.2, 0.25) is 0 Å². The van der Waals surface area contributed by atoms with Crippen LogP contribution in [0.1, 0.15) is 49.6 Å². The Morgan fingerprint density at radius 1 is 1.17 bits per heavy atom. The Balaban J connectivity index is 1.63. The average molecular weight is 387 g/mol. The predicted molar refractivity (Wildman–Crippen MR) is 102 cm³/mol. The molecule has 5 heteroatoms. The van der Waals surface area contributed by atoms with Gasteiger partial charge in [-0.05, 0) is 42.5 Å². The Bertz CT molecular complexity index is 755. The van der Waals surface area contributed by atoms with E-state index in [-0.39, 0.29) is 0 Å². The first kappa shape index (κ1) is 15.9. The lowest BCUT2D eigenvalue weighted by Gasteiger charge is -2.30. The van der Waals surface area contributed by atoms with Gasteiger partial charge >= 0.3 is 0 Å². The first-order valence-corrected chi connectivity index (χ1v) is 9.55. The van der Waals surface area contributed by atoms with Gasteiger partial charge in [0.25, 0.3) is 0 Å². The lowest BCUT2D eigenvalue weighted by atomic mass is 10.00. The van der Waals surface area contributed by atoms with Crippen LogP contribution < -0.4 is 10.2 Å². The van der Waals surface area contributed by atoms with Gasteiger partial charge in [-0.25, -0.2) is 9.97 Å². The zero-order valence-corrected chi connectivity index (χ0v) is 15.8. The number of fused-ring (bicyclic) bond motifs is 1. The van der Waals surface area contributed by atoms with Crippen LogP contribution in [0.15, 0.2) is 28.7 Å². The summed E-state index contributed by atoms with van der Waals surface area (Å²) < 4.78 is 1.16. The van der Waals surface area contributed by atoms with E-state index in [4.69, 9.17) is 9.97 Å². The van der Waals surface area contributed by atoms with Crippen LogP contribution in [0.4, 0.5) is 11.6 Å².